The topological polar surface area (TPSA) is 135 Å². The van der Waals surface area contributed by atoms with E-state index >= 15 is 0 Å². The molecule has 0 saturated carbocycles. The minimum atomic E-state index is -0.904. The second-order valence-corrected chi connectivity index (χ2v) is 12.2. The quantitative estimate of drug-likeness (QED) is 0.189. The Labute approximate surface area is 263 Å². The Morgan fingerprint density at radius 2 is 1.27 bits per heavy atom. The van der Waals surface area contributed by atoms with E-state index in [9.17, 15) is 14.4 Å². The molecule has 0 atom stereocenters. The zero-order valence-electron chi connectivity index (χ0n) is 26.5. The number of hydrogen-bond donors (Lipinski definition) is 3. The normalized spacial score (nSPS) is 11.3. The number of rotatable bonds is 7. The van der Waals surface area contributed by atoms with E-state index < -0.39 is 23.4 Å². The Balaban J connectivity index is 1.49. The zero-order chi connectivity index (χ0) is 32.8. The van der Waals surface area contributed by atoms with E-state index in [-0.39, 0.29) is 11.7 Å². The maximum Gasteiger partial charge on any atom is 0.425 e. The van der Waals surface area contributed by atoms with Gasteiger partial charge in [0.25, 0.3) is 5.91 Å². The molecule has 234 valence electrons. The fraction of sp³-hybridized carbons (Fsp3) is 0.265. The standard InChI is InChI=1S/C34H38N6O5/c1-22-28(17-20-36-29(22)40(31(42)44-33(2,3)4)32(43)45-34(5,6)7)38-24-13-11-23(12-14-24)30(41)39-27-10-8-9-26(21-27)37-25-15-18-35-19-16-25/h8-21H,1-7H3,(H,35,37)(H,36,38)(H,39,41). The van der Waals surface area contributed by atoms with Crippen molar-refractivity contribution < 1.29 is 23.9 Å². The van der Waals surface area contributed by atoms with Crippen LogP contribution in [-0.4, -0.2) is 39.3 Å². The molecule has 0 bridgehead atoms. The SMILES string of the molecule is Cc1c(Nc2ccc(C(=O)Nc3cccc(Nc4ccncc4)c3)cc2)ccnc1N(C(=O)OC(C)(C)C)C(=O)OC(C)(C)C. The lowest BCUT2D eigenvalue weighted by Gasteiger charge is -2.29. The highest BCUT2D eigenvalue weighted by Gasteiger charge is 2.35. The average Bonchev–Trinajstić information content (AvgIpc) is 2.94. The minimum absolute atomic E-state index is 0.0696. The van der Waals surface area contributed by atoms with Crippen molar-refractivity contribution in [1.29, 1.82) is 0 Å². The number of anilines is 6. The third-order valence-electron chi connectivity index (χ3n) is 6.06. The number of amides is 3. The van der Waals surface area contributed by atoms with E-state index in [0.717, 1.165) is 16.3 Å². The van der Waals surface area contributed by atoms with Crippen molar-refractivity contribution in [3.8, 4) is 0 Å². The van der Waals surface area contributed by atoms with E-state index in [4.69, 9.17) is 9.47 Å². The van der Waals surface area contributed by atoms with E-state index in [0.29, 0.717) is 28.2 Å². The predicted octanol–water partition coefficient (Wildman–Crippen LogP) is 8.20. The number of carbonyl (C=O) groups excluding carboxylic acids is 3. The zero-order valence-corrected chi connectivity index (χ0v) is 26.5. The van der Waals surface area contributed by atoms with Gasteiger partial charge in [0.2, 0.25) is 0 Å². The van der Waals surface area contributed by atoms with E-state index in [1.54, 1.807) is 91.2 Å². The molecule has 11 nitrogen and oxygen atoms in total. The lowest BCUT2D eigenvalue weighted by Crippen LogP contribution is -2.44. The Morgan fingerprint density at radius 1 is 0.689 bits per heavy atom. The van der Waals surface area contributed by atoms with E-state index in [2.05, 4.69) is 25.9 Å². The van der Waals surface area contributed by atoms with Crippen molar-refractivity contribution >= 4 is 52.3 Å². The molecule has 2 aromatic heterocycles. The molecule has 0 aliphatic heterocycles. The number of hydrogen-bond acceptors (Lipinski definition) is 9. The van der Waals surface area contributed by atoms with Gasteiger partial charge in [0.1, 0.15) is 11.2 Å². The highest BCUT2D eigenvalue weighted by molar-refractivity contribution is 6.09. The molecule has 0 radical (unpaired) electrons. The summed E-state index contributed by atoms with van der Waals surface area (Å²) in [7, 11) is 0. The summed E-state index contributed by atoms with van der Waals surface area (Å²) in [6.45, 7) is 12.0. The van der Waals surface area contributed by atoms with Gasteiger partial charge in [-0.15, -0.1) is 0 Å². The summed E-state index contributed by atoms with van der Waals surface area (Å²) >= 11 is 0. The van der Waals surface area contributed by atoms with Crippen LogP contribution in [0.1, 0.15) is 57.5 Å². The summed E-state index contributed by atoms with van der Waals surface area (Å²) < 4.78 is 11.0. The summed E-state index contributed by atoms with van der Waals surface area (Å²) in [5.74, 6) is -0.199. The van der Waals surface area contributed by atoms with Gasteiger partial charge in [-0.25, -0.2) is 14.6 Å². The van der Waals surface area contributed by atoms with Crippen LogP contribution in [0.3, 0.4) is 0 Å². The van der Waals surface area contributed by atoms with Crippen LogP contribution in [0.15, 0.2) is 85.3 Å². The van der Waals surface area contributed by atoms with Gasteiger partial charge in [-0.05, 0) is 109 Å². The predicted molar refractivity (Wildman–Crippen MR) is 176 cm³/mol. The van der Waals surface area contributed by atoms with Gasteiger partial charge < -0.3 is 25.4 Å². The molecular weight excluding hydrogens is 572 g/mol. The molecule has 0 saturated heterocycles. The van der Waals surface area contributed by atoms with Gasteiger partial charge in [0.15, 0.2) is 5.82 Å². The first kappa shape index (κ1) is 32.5. The summed E-state index contributed by atoms with van der Waals surface area (Å²) in [6.07, 6.45) is 3.07. The number of pyridine rings is 2. The van der Waals surface area contributed by atoms with Crippen molar-refractivity contribution in [2.24, 2.45) is 0 Å². The molecule has 2 heterocycles. The Kier molecular flexibility index (Phi) is 9.71. The van der Waals surface area contributed by atoms with Crippen LogP contribution in [0.2, 0.25) is 0 Å². The molecule has 3 amide bonds. The van der Waals surface area contributed by atoms with Crippen LogP contribution in [0, 0.1) is 6.92 Å². The smallest absolute Gasteiger partial charge is 0.425 e. The maximum atomic E-state index is 13.1. The largest absolute Gasteiger partial charge is 0.443 e. The Hall–Kier alpha value is -5.45. The Morgan fingerprint density at radius 3 is 1.87 bits per heavy atom. The molecular formula is C34H38N6O5. The summed E-state index contributed by atoms with van der Waals surface area (Å²) in [6, 6.07) is 19.8. The summed E-state index contributed by atoms with van der Waals surface area (Å²) in [5.41, 5.74) is 2.88. The van der Waals surface area contributed by atoms with Crippen LogP contribution < -0.4 is 20.9 Å². The summed E-state index contributed by atoms with van der Waals surface area (Å²) in [4.78, 5) is 48.4. The number of benzene rings is 2. The van der Waals surface area contributed by atoms with Gasteiger partial charge in [-0.1, -0.05) is 6.07 Å². The van der Waals surface area contributed by atoms with Crippen LogP contribution >= 0.6 is 0 Å². The van der Waals surface area contributed by atoms with Crippen molar-refractivity contribution in [2.45, 2.75) is 59.7 Å². The highest BCUT2D eigenvalue weighted by Crippen LogP contribution is 2.30. The third kappa shape index (κ3) is 9.27. The van der Waals surface area contributed by atoms with Crippen molar-refractivity contribution in [1.82, 2.24) is 9.97 Å². The minimum Gasteiger partial charge on any atom is -0.443 e. The van der Waals surface area contributed by atoms with Crippen molar-refractivity contribution in [2.75, 3.05) is 20.9 Å². The first-order chi connectivity index (χ1) is 21.2. The van der Waals surface area contributed by atoms with Crippen molar-refractivity contribution in [3.05, 3.63) is 96.4 Å². The second kappa shape index (κ2) is 13.5. The Bertz CT molecular complexity index is 1630. The number of carbonyl (C=O) groups is 3. The molecule has 4 aromatic rings. The van der Waals surface area contributed by atoms with Crippen molar-refractivity contribution in [3.63, 3.8) is 0 Å². The number of ether oxygens (including phenoxy) is 2. The second-order valence-electron chi connectivity index (χ2n) is 12.2. The molecule has 0 fully saturated rings. The van der Waals surface area contributed by atoms with Crippen LogP contribution in [0.4, 0.5) is 43.8 Å². The average molecular weight is 611 g/mol. The van der Waals surface area contributed by atoms with E-state index in [1.165, 1.54) is 6.20 Å². The monoisotopic (exact) mass is 610 g/mol. The number of nitrogens with zero attached hydrogens (tertiary/aromatic N) is 3. The number of nitrogens with one attached hydrogen (secondary N) is 3. The molecule has 11 heteroatoms. The number of aromatic nitrogens is 2. The molecule has 2 aromatic carbocycles. The molecule has 0 spiro atoms. The van der Waals surface area contributed by atoms with Gasteiger partial charge in [-0.2, -0.15) is 4.90 Å². The molecule has 0 unspecified atom stereocenters. The van der Waals surface area contributed by atoms with Gasteiger partial charge in [-0.3, -0.25) is 9.78 Å². The molecule has 0 aliphatic rings. The highest BCUT2D eigenvalue weighted by atomic mass is 16.6. The number of imide groups is 1. The van der Waals surface area contributed by atoms with Crippen LogP contribution in [0.5, 0.6) is 0 Å². The first-order valence-electron chi connectivity index (χ1n) is 14.4. The maximum absolute atomic E-state index is 13.1. The molecule has 3 N–H and O–H groups in total. The van der Waals surface area contributed by atoms with Crippen LogP contribution in [-0.2, 0) is 9.47 Å². The van der Waals surface area contributed by atoms with E-state index in [1.807, 2.05) is 36.4 Å². The molecule has 0 aliphatic carbocycles. The third-order valence-corrected chi connectivity index (χ3v) is 6.06. The van der Waals surface area contributed by atoms with Gasteiger partial charge >= 0.3 is 12.2 Å². The van der Waals surface area contributed by atoms with Gasteiger partial charge in [0, 0.05) is 58.2 Å². The lowest BCUT2D eigenvalue weighted by atomic mass is 10.1. The molecule has 4 rings (SSSR count). The van der Waals surface area contributed by atoms with Crippen LogP contribution in [0.25, 0.3) is 0 Å². The lowest BCUT2D eigenvalue weighted by molar-refractivity contribution is 0.0428. The van der Waals surface area contributed by atoms with Gasteiger partial charge in [0.05, 0.1) is 0 Å². The fourth-order valence-corrected chi connectivity index (χ4v) is 4.09. The molecule has 45 heavy (non-hydrogen) atoms. The fourth-order valence-electron chi connectivity index (χ4n) is 4.09. The first-order valence-corrected chi connectivity index (χ1v) is 14.4. The summed E-state index contributed by atoms with van der Waals surface area (Å²) in [5, 5.41) is 9.47.